The third-order valence-corrected chi connectivity index (χ3v) is 8.75. The van der Waals surface area contributed by atoms with Crippen LogP contribution >= 0.6 is 0 Å². The first-order valence-corrected chi connectivity index (χ1v) is 16.0. The van der Waals surface area contributed by atoms with Gasteiger partial charge in [0.05, 0.1) is 17.4 Å². The van der Waals surface area contributed by atoms with Gasteiger partial charge in [0.15, 0.2) is 21.3 Å². The Hall–Kier alpha value is -5.79. The number of hydrogen-bond acceptors (Lipinski definition) is 8. The first kappa shape index (κ1) is 29.0. The Morgan fingerprint density at radius 1 is 0.957 bits per heavy atom. The van der Waals surface area contributed by atoms with E-state index in [-0.39, 0.29) is 11.5 Å². The van der Waals surface area contributed by atoms with Gasteiger partial charge in [0.2, 0.25) is 0 Å². The number of pyridine rings is 2. The molecule has 3 aromatic carbocycles. The number of fused-ring (bicyclic) bond motifs is 2. The van der Waals surface area contributed by atoms with Crippen LogP contribution in [0.1, 0.15) is 21.3 Å². The molecule has 0 saturated carbocycles. The van der Waals surface area contributed by atoms with Crippen molar-refractivity contribution in [2.75, 3.05) is 11.6 Å². The molecule has 4 heterocycles. The van der Waals surface area contributed by atoms with Gasteiger partial charge in [-0.1, -0.05) is 24.3 Å². The molecule has 4 aromatic heterocycles. The molecule has 1 atom stereocenters. The summed E-state index contributed by atoms with van der Waals surface area (Å²) in [6, 6.07) is 22.1. The fourth-order valence-electron chi connectivity index (χ4n) is 5.27. The second kappa shape index (κ2) is 11.3. The lowest BCUT2D eigenvalue weighted by Crippen LogP contribution is -2.20. The van der Waals surface area contributed by atoms with Gasteiger partial charge in [0, 0.05) is 40.7 Å². The quantitative estimate of drug-likeness (QED) is 0.175. The van der Waals surface area contributed by atoms with E-state index < -0.39 is 21.0 Å². The van der Waals surface area contributed by atoms with Crippen LogP contribution in [-0.2, 0) is 9.84 Å². The number of anilines is 1. The van der Waals surface area contributed by atoms with Crippen LogP contribution in [-0.4, -0.2) is 50.7 Å². The molecule has 0 saturated heterocycles. The molecule has 0 bridgehead atoms. The number of benzene rings is 3. The van der Waals surface area contributed by atoms with Crippen molar-refractivity contribution in [3.63, 3.8) is 0 Å². The summed E-state index contributed by atoms with van der Waals surface area (Å²) in [4.78, 5) is 29.4. The Morgan fingerprint density at radius 3 is 2.59 bits per heavy atom. The summed E-state index contributed by atoms with van der Waals surface area (Å²) in [5.74, 6) is -0.446. The Kier molecular flexibility index (Phi) is 7.11. The van der Waals surface area contributed by atoms with Crippen LogP contribution in [0.5, 0.6) is 0 Å². The zero-order valence-electron chi connectivity index (χ0n) is 24.2. The molecular formula is C33H25FN8O3S. The maximum atomic E-state index is 14.7. The average Bonchev–Trinajstić information content (AvgIpc) is 3.68. The molecule has 0 aliphatic rings. The van der Waals surface area contributed by atoms with Crippen LogP contribution in [0.2, 0.25) is 0 Å². The van der Waals surface area contributed by atoms with E-state index in [1.54, 1.807) is 55.0 Å². The molecular weight excluding hydrogens is 607 g/mol. The van der Waals surface area contributed by atoms with E-state index >= 15 is 0 Å². The highest BCUT2D eigenvalue weighted by molar-refractivity contribution is 7.90. The Labute approximate surface area is 261 Å². The minimum Gasteiger partial charge on any atom is -0.321 e. The molecule has 11 nitrogen and oxygen atoms in total. The van der Waals surface area contributed by atoms with Gasteiger partial charge in [-0.25, -0.2) is 22.8 Å². The van der Waals surface area contributed by atoms with Crippen LogP contribution in [0.15, 0.2) is 97.5 Å². The third kappa shape index (κ3) is 5.49. The number of amides is 1. The Morgan fingerprint density at radius 2 is 1.78 bits per heavy atom. The molecule has 13 heteroatoms. The first-order valence-electron chi connectivity index (χ1n) is 14.0. The van der Waals surface area contributed by atoms with Crippen molar-refractivity contribution in [2.24, 2.45) is 5.73 Å². The predicted octanol–water partition coefficient (Wildman–Crippen LogP) is 5.62. The van der Waals surface area contributed by atoms with E-state index in [0.29, 0.717) is 45.1 Å². The second-order valence-corrected chi connectivity index (χ2v) is 12.9. The van der Waals surface area contributed by atoms with Crippen molar-refractivity contribution in [2.45, 2.75) is 5.37 Å². The topological polar surface area (TPSA) is 172 Å². The fraction of sp³-hybridized carbons (Fsp3) is 0.0606. The molecule has 46 heavy (non-hydrogen) atoms. The van der Waals surface area contributed by atoms with E-state index in [1.165, 1.54) is 6.07 Å². The van der Waals surface area contributed by atoms with Crippen molar-refractivity contribution in [1.82, 2.24) is 30.1 Å². The number of aromatic amines is 2. The van der Waals surface area contributed by atoms with Crippen molar-refractivity contribution in [1.29, 1.82) is 0 Å². The van der Waals surface area contributed by atoms with Crippen molar-refractivity contribution in [3.8, 4) is 33.8 Å². The SMILES string of the molecule is CS(=O)(=O)C(N)c1cc(F)cc(-c2ccnc3[nH]c(-c4n[nH]c5ccc(-c6cncc(NC(=O)c7ccccc7)c6)cc45)nc23)c1. The molecule has 0 aliphatic heterocycles. The third-order valence-electron chi connectivity index (χ3n) is 7.56. The summed E-state index contributed by atoms with van der Waals surface area (Å²) in [6.45, 7) is 0. The van der Waals surface area contributed by atoms with Gasteiger partial charge in [-0.2, -0.15) is 5.10 Å². The average molecular weight is 633 g/mol. The number of hydrogen-bond donors (Lipinski definition) is 4. The minimum absolute atomic E-state index is 0.127. The van der Waals surface area contributed by atoms with Gasteiger partial charge >= 0.3 is 0 Å². The van der Waals surface area contributed by atoms with E-state index in [9.17, 15) is 17.6 Å². The van der Waals surface area contributed by atoms with Crippen molar-refractivity contribution in [3.05, 3.63) is 114 Å². The summed E-state index contributed by atoms with van der Waals surface area (Å²) >= 11 is 0. The molecule has 1 unspecified atom stereocenters. The van der Waals surface area contributed by atoms with E-state index in [4.69, 9.17) is 10.7 Å². The number of H-pyrrole nitrogens is 2. The minimum atomic E-state index is -3.66. The lowest BCUT2D eigenvalue weighted by Gasteiger charge is -2.12. The molecule has 5 N–H and O–H groups in total. The van der Waals surface area contributed by atoms with Gasteiger partial charge in [-0.3, -0.25) is 14.9 Å². The predicted molar refractivity (Wildman–Crippen MR) is 174 cm³/mol. The van der Waals surface area contributed by atoms with Crippen LogP contribution in [0.3, 0.4) is 0 Å². The normalized spacial score (nSPS) is 12.4. The van der Waals surface area contributed by atoms with Crippen LogP contribution in [0.4, 0.5) is 10.1 Å². The highest BCUT2D eigenvalue weighted by Crippen LogP contribution is 2.34. The number of aromatic nitrogens is 6. The molecule has 7 aromatic rings. The largest absolute Gasteiger partial charge is 0.321 e. The number of carbonyl (C=O) groups excluding carboxylic acids is 1. The standard InChI is InChI=1S/C33H25FN8O3S/c1-46(44,45)30(35)21-11-20(12-23(34)13-21)25-9-10-37-31-28(25)39-32(40-31)29-26-15-19(7-8-27(26)41-42-29)22-14-24(17-36-16-22)38-33(43)18-5-3-2-4-6-18/h2-17,30H,35H2,1H3,(H,38,43)(H,41,42)(H,37,39,40). The number of nitrogens with two attached hydrogens (primary N) is 1. The number of nitrogens with one attached hydrogen (secondary N) is 3. The molecule has 0 radical (unpaired) electrons. The van der Waals surface area contributed by atoms with Gasteiger partial charge in [-0.05, 0) is 71.3 Å². The van der Waals surface area contributed by atoms with E-state index in [0.717, 1.165) is 34.4 Å². The van der Waals surface area contributed by atoms with Crippen molar-refractivity contribution >= 4 is 43.5 Å². The highest BCUT2D eigenvalue weighted by atomic mass is 32.2. The number of nitrogens with zero attached hydrogens (tertiary/aromatic N) is 4. The summed E-state index contributed by atoms with van der Waals surface area (Å²) < 4.78 is 38.8. The van der Waals surface area contributed by atoms with Crippen LogP contribution < -0.4 is 11.1 Å². The summed E-state index contributed by atoms with van der Waals surface area (Å²) in [5.41, 5.74) is 11.8. The molecule has 7 rings (SSSR count). The summed E-state index contributed by atoms with van der Waals surface area (Å²) in [6.07, 6.45) is 5.85. The van der Waals surface area contributed by atoms with E-state index in [2.05, 4.69) is 30.5 Å². The number of sulfone groups is 1. The monoisotopic (exact) mass is 632 g/mol. The molecule has 0 spiro atoms. The maximum absolute atomic E-state index is 14.7. The number of imidazole rings is 1. The van der Waals surface area contributed by atoms with Crippen LogP contribution in [0, 0.1) is 5.82 Å². The fourth-order valence-corrected chi connectivity index (χ4v) is 5.90. The lowest BCUT2D eigenvalue weighted by molar-refractivity contribution is 0.102. The van der Waals surface area contributed by atoms with Crippen LogP contribution in [0.25, 0.3) is 55.8 Å². The Bertz CT molecular complexity index is 2390. The number of carbonyl (C=O) groups is 1. The molecule has 228 valence electrons. The van der Waals surface area contributed by atoms with Gasteiger partial charge < -0.3 is 16.0 Å². The van der Waals surface area contributed by atoms with E-state index in [1.807, 2.05) is 30.3 Å². The van der Waals surface area contributed by atoms with Crippen molar-refractivity contribution < 1.29 is 17.6 Å². The highest BCUT2D eigenvalue weighted by Gasteiger charge is 2.21. The zero-order chi connectivity index (χ0) is 32.0. The smallest absolute Gasteiger partial charge is 0.255 e. The number of rotatable bonds is 7. The molecule has 0 aliphatic carbocycles. The second-order valence-electron chi connectivity index (χ2n) is 10.8. The maximum Gasteiger partial charge on any atom is 0.255 e. The lowest BCUT2D eigenvalue weighted by atomic mass is 10.0. The molecule has 1 amide bonds. The number of halogens is 1. The van der Waals surface area contributed by atoms with Gasteiger partial charge in [0.1, 0.15) is 22.4 Å². The summed E-state index contributed by atoms with van der Waals surface area (Å²) in [5, 5.41) is 9.81. The summed E-state index contributed by atoms with van der Waals surface area (Å²) in [7, 11) is -3.66. The Balaban J connectivity index is 1.25. The van der Waals surface area contributed by atoms with Gasteiger partial charge in [0.25, 0.3) is 5.91 Å². The first-order chi connectivity index (χ1) is 22.1. The van der Waals surface area contributed by atoms with Gasteiger partial charge in [-0.15, -0.1) is 0 Å². The zero-order valence-corrected chi connectivity index (χ0v) is 25.0. The molecule has 0 fully saturated rings.